The van der Waals surface area contributed by atoms with Gasteiger partial charge in [0.25, 0.3) is 0 Å². The van der Waals surface area contributed by atoms with Crippen LogP contribution in [0.3, 0.4) is 0 Å². The molecule has 8 nitrogen and oxygen atoms in total. The van der Waals surface area contributed by atoms with Crippen molar-refractivity contribution in [1.29, 1.82) is 0 Å². The van der Waals surface area contributed by atoms with Crippen molar-refractivity contribution in [3.8, 4) is 0 Å². The van der Waals surface area contributed by atoms with Crippen molar-refractivity contribution >= 4 is 21.8 Å². The molecular formula is C32H38N4O4S. The Kier molecular flexibility index (Phi) is 10.7. The second-order valence-corrected chi connectivity index (χ2v) is 12.1. The van der Waals surface area contributed by atoms with Gasteiger partial charge in [-0.3, -0.25) is 4.79 Å². The number of carbonyl (C=O) groups is 2. The van der Waals surface area contributed by atoms with Crippen LogP contribution in [0, 0.1) is 0 Å². The second kappa shape index (κ2) is 14.6. The van der Waals surface area contributed by atoms with Crippen molar-refractivity contribution in [2.24, 2.45) is 0 Å². The largest absolute Gasteiger partial charge is 0.348 e. The first-order valence-corrected chi connectivity index (χ1v) is 15.5. The lowest BCUT2D eigenvalue weighted by atomic mass is 10.0. The molecule has 1 aliphatic heterocycles. The molecule has 4 rings (SSSR count). The average molecular weight is 575 g/mol. The molecule has 0 radical (unpaired) electrons. The van der Waals surface area contributed by atoms with E-state index in [9.17, 15) is 18.0 Å². The number of sulfone groups is 1. The van der Waals surface area contributed by atoms with Gasteiger partial charge in [-0.15, -0.1) is 0 Å². The number of nitrogens with zero attached hydrogens (tertiary/aromatic N) is 2. The number of hydrogen-bond donors (Lipinski definition) is 2. The lowest BCUT2D eigenvalue weighted by molar-refractivity contribution is -0.123. The Morgan fingerprint density at radius 2 is 1.37 bits per heavy atom. The van der Waals surface area contributed by atoms with Gasteiger partial charge in [-0.1, -0.05) is 84.9 Å². The van der Waals surface area contributed by atoms with Gasteiger partial charge in [-0.2, -0.15) is 0 Å². The molecule has 2 atom stereocenters. The van der Waals surface area contributed by atoms with E-state index in [0.29, 0.717) is 32.4 Å². The number of urea groups is 1. The fraction of sp³-hybridized carbons (Fsp3) is 0.312. The van der Waals surface area contributed by atoms with Crippen molar-refractivity contribution in [2.45, 2.75) is 36.2 Å². The van der Waals surface area contributed by atoms with Crippen LogP contribution in [0.2, 0.25) is 0 Å². The molecule has 1 saturated heterocycles. The van der Waals surface area contributed by atoms with Crippen LogP contribution in [-0.4, -0.2) is 75.5 Å². The Balaban J connectivity index is 1.52. The highest BCUT2D eigenvalue weighted by molar-refractivity contribution is 7.94. The highest BCUT2D eigenvalue weighted by Crippen LogP contribution is 2.14. The maximum Gasteiger partial charge on any atom is 0.318 e. The zero-order chi connectivity index (χ0) is 29.1. The Morgan fingerprint density at radius 3 is 1.98 bits per heavy atom. The highest BCUT2D eigenvalue weighted by atomic mass is 32.2. The van der Waals surface area contributed by atoms with E-state index < -0.39 is 21.9 Å². The maximum atomic E-state index is 13.7. The lowest BCUT2D eigenvalue weighted by Gasteiger charge is -2.33. The molecule has 0 bridgehead atoms. The number of amides is 3. The van der Waals surface area contributed by atoms with Crippen LogP contribution in [0.4, 0.5) is 4.79 Å². The molecular weight excluding hydrogens is 536 g/mol. The first-order chi connectivity index (χ1) is 19.8. The third-order valence-electron chi connectivity index (χ3n) is 7.16. The van der Waals surface area contributed by atoms with E-state index in [4.69, 9.17) is 0 Å². The highest BCUT2D eigenvalue weighted by Gasteiger charge is 2.27. The summed E-state index contributed by atoms with van der Waals surface area (Å²) in [6.45, 7) is 2.71. The fourth-order valence-electron chi connectivity index (χ4n) is 4.66. The Morgan fingerprint density at radius 1 is 0.805 bits per heavy atom. The van der Waals surface area contributed by atoms with Gasteiger partial charge in [0.2, 0.25) is 5.91 Å². The number of likely N-dealkylation sites (N-methyl/N-ethyl adjacent to an activating group) is 1. The number of piperazine rings is 1. The lowest BCUT2D eigenvalue weighted by Crippen LogP contribution is -2.56. The van der Waals surface area contributed by atoms with Crippen molar-refractivity contribution in [1.82, 2.24) is 20.4 Å². The van der Waals surface area contributed by atoms with Gasteiger partial charge in [0, 0.05) is 44.0 Å². The van der Waals surface area contributed by atoms with E-state index in [2.05, 4.69) is 15.5 Å². The maximum absolute atomic E-state index is 13.7. The molecule has 41 heavy (non-hydrogen) atoms. The average Bonchev–Trinajstić information content (AvgIpc) is 3.00. The van der Waals surface area contributed by atoms with E-state index >= 15 is 0 Å². The quantitative estimate of drug-likeness (QED) is 0.364. The summed E-state index contributed by atoms with van der Waals surface area (Å²) in [6, 6.07) is 25.9. The molecule has 0 saturated carbocycles. The van der Waals surface area contributed by atoms with Crippen molar-refractivity contribution < 1.29 is 18.0 Å². The Hall–Kier alpha value is -3.95. The number of nitrogens with one attached hydrogen (secondary N) is 2. The van der Waals surface area contributed by atoms with Crippen LogP contribution in [0.15, 0.2) is 107 Å². The third kappa shape index (κ3) is 9.30. The minimum Gasteiger partial charge on any atom is -0.348 e. The summed E-state index contributed by atoms with van der Waals surface area (Å²) in [5.41, 5.74) is 1.99. The normalized spacial score (nSPS) is 15.8. The minimum absolute atomic E-state index is 0.186. The van der Waals surface area contributed by atoms with Gasteiger partial charge in [0.1, 0.15) is 6.04 Å². The molecule has 0 spiro atoms. The molecule has 9 heteroatoms. The van der Waals surface area contributed by atoms with Gasteiger partial charge < -0.3 is 20.4 Å². The van der Waals surface area contributed by atoms with Crippen LogP contribution in [-0.2, 0) is 27.5 Å². The van der Waals surface area contributed by atoms with E-state index in [1.165, 1.54) is 6.08 Å². The first-order valence-electron chi connectivity index (χ1n) is 13.9. The summed E-state index contributed by atoms with van der Waals surface area (Å²) >= 11 is 0. The fourth-order valence-corrected chi connectivity index (χ4v) is 5.75. The summed E-state index contributed by atoms with van der Waals surface area (Å²) in [5, 5.41) is 7.12. The van der Waals surface area contributed by atoms with Crippen LogP contribution in [0.1, 0.15) is 17.5 Å². The van der Waals surface area contributed by atoms with E-state index in [1.54, 1.807) is 35.2 Å². The van der Waals surface area contributed by atoms with Gasteiger partial charge >= 0.3 is 6.03 Å². The molecule has 1 fully saturated rings. The smallest absolute Gasteiger partial charge is 0.318 e. The Bertz CT molecular complexity index is 1390. The molecule has 1 heterocycles. The summed E-state index contributed by atoms with van der Waals surface area (Å²) in [7, 11) is -1.68. The van der Waals surface area contributed by atoms with E-state index in [1.807, 2.05) is 67.7 Å². The van der Waals surface area contributed by atoms with Crippen molar-refractivity contribution in [3.63, 3.8) is 0 Å². The molecule has 2 N–H and O–H groups in total. The number of carbonyl (C=O) groups excluding carboxylic acids is 2. The zero-order valence-electron chi connectivity index (χ0n) is 23.4. The predicted octanol–water partition coefficient (Wildman–Crippen LogP) is 3.66. The van der Waals surface area contributed by atoms with Crippen molar-refractivity contribution in [2.75, 3.05) is 33.2 Å². The van der Waals surface area contributed by atoms with Crippen LogP contribution < -0.4 is 10.6 Å². The van der Waals surface area contributed by atoms with Crippen LogP contribution in [0.25, 0.3) is 0 Å². The standard InChI is InChI=1S/C32H38N4O4S/c1-35-20-22-36(23-21-35)32(38)34-30(25-27-13-7-3-8-14-27)31(37)33-28(18-17-26-11-5-2-6-12-26)19-24-41(39,40)29-15-9-4-10-16-29/h2-16,19,24,28,30H,17-18,20-23,25H2,1H3,(H,33,37)(H,34,38)/b24-19+. The molecule has 1 aliphatic rings. The summed E-state index contributed by atoms with van der Waals surface area (Å²) in [4.78, 5) is 30.9. The summed E-state index contributed by atoms with van der Waals surface area (Å²) < 4.78 is 25.9. The van der Waals surface area contributed by atoms with Gasteiger partial charge in [0.05, 0.1) is 4.90 Å². The predicted molar refractivity (Wildman–Crippen MR) is 161 cm³/mol. The monoisotopic (exact) mass is 574 g/mol. The topological polar surface area (TPSA) is 98.8 Å². The van der Waals surface area contributed by atoms with E-state index in [-0.39, 0.29) is 16.8 Å². The van der Waals surface area contributed by atoms with Crippen molar-refractivity contribution in [3.05, 3.63) is 114 Å². The minimum atomic E-state index is -3.69. The summed E-state index contributed by atoms with van der Waals surface area (Å²) in [6.07, 6.45) is 2.97. The zero-order valence-corrected chi connectivity index (χ0v) is 24.2. The molecule has 3 amide bonds. The molecule has 216 valence electrons. The molecule has 2 unspecified atom stereocenters. The summed E-state index contributed by atoms with van der Waals surface area (Å²) in [5.74, 6) is -0.365. The SMILES string of the molecule is CN1CCN(C(=O)NC(Cc2ccccc2)C(=O)NC(/C=C/S(=O)(=O)c2ccccc2)CCc2ccccc2)CC1. The molecule has 3 aromatic carbocycles. The Labute approximate surface area is 243 Å². The van der Waals surface area contributed by atoms with Crippen LogP contribution >= 0.6 is 0 Å². The first kappa shape index (κ1) is 30.0. The van der Waals surface area contributed by atoms with E-state index in [0.717, 1.165) is 29.6 Å². The number of rotatable bonds is 11. The molecule has 3 aromatic rings. The van der Waals surface area contributed by atoms with Crippen LogP contribution in [0.5, 0.6) is 0 Å². The van der Waals surface area contributed by atoms with Gasteiger partial charge in [-0.25, -0.2) is 13.2 Å². The molecule has 0 aliphatic carbocycles. The second-order valence-electron chi connectivity index (χ2n) is 10.3. The third-order valence-corrected chi connectivity index (χ3v) is 8.61. The number of benzene rings is 3. The number of aryl methyl sites for hydroxylation is 1. The number of hydrogen-bond acceptors (Lipinski definition) is 5. The molecule has 0 aromatic heterocycles. The van der Waals surface area contributed by atoms with Gasteiger partial charge in [-0.05, 0) is 43.1 Å². The van der Waals surface area contributed by atoms with Gasteiger partial charge in [0.15, 0.2) is 9.84 Å².